The van der Waals surface area contributed by atoms with Crippen molar-refractivity contribution >= 4 is 21.9 Å². The van der Waals surface area contributed by atoms with Gasteiger partial charge in [0.25, 0.3) is 0 Å². The van der Waals surface area contributed by atoms with Crippen molar-refractivity contribution < 1.29 is 4.42 Å². The van der Waals surface area contributed by atoms with E-state index in [0.29, 0.717) is 17.5 Å². The lowest BCUT2D eigenvalue weighted by Crippen LogP contribution is -2.14. The van der Waals surface area contributed by atoms with Crippen molar-refractivity contribution in [2.45, 2.75) is 19.3 Å². The lowest BCUT2D eigenvalue weighted by Gasteiger charge is -2.22. The number of furan rings is 1. The molecular weight excluding hydrogens is 707 g/mol. The summed E-state index contributed by atoms with van der Waals surface area (Å²) >= 11 is 0. The van der Waals surface area contributed by atoms with Crippen LogP contribution in [0, 0.1) is 0 Å². The summed E-state index contributed by atoms with van der Waals surface area (Å²) in [5.41, 5.74) is 16.3. The van der Waals surface area contributed by atoms with E-state index in [1.54, 1.807) is 0 Å². The van der Waals surface area contributed by atoms with E-state index in [9.17, 15) is 0 Å². The summed E-state index contributed by atoms with van der Waals surface area (Å²) in [6.45, 7) is 4.65. The van der Waals surface area contributed by atoms with Gasteiger partial charge in [0.2, 0.25) is 0 Å². The van der Waals surface area contributed by atoms with Crippen molar-refractivity contribution in [3.8, 4) is 78.7 Å². The highest BCUT2D eigenvalue weighted by atomic mass is 16.3. The molecule has 0 unspecified atom stereocenters. The van der Waals surface area contributed by atoms with Gasteiger partial charge >= 0.3 is 0 Å². The van der Waals surface area contributed by atoms with Crippen LogP contribution >= 0.6 is 0 Å². The Morgan fingerprint density at radius 2 is 0.931 bits per heavy atom. The molecule has 4 heteroatoms. The molecule has 0 spiro atoms. The van der Waals surface area contributed by atoms with Gasteiger partial charge in [-0.3, -0.25) is 0 Å². The quantitative estimate of drug-likeness (QED) is 0.170. The minimum absolute atomic E-state index is 0.0881. The van der Waals surface area contributed by atoms with E-state index in [2.05, 4.69) is 166 Å². The molecule has 0 saturated heterocycles. The van der Waals surface area contributed by atoms with Gasteiger partial charge in [-0.1, -0.05) is 172 Å². The average molecular weight is 744 g/mol. The van der Waals surface area contributed by atoms with E-state index in [0.717, 1.165) is 72.0 Å². The number of hydrogen-bond donors (Lipinski definition) is 0. The normalized spacial score (nSPS) is 12.8. The summed E-state index contributed by atoms with van der Waals surface area (Å²) in [4.78, 5) is 15.6. The van der Waals surface area contributed by atoms with Crippen LogP contribution in [0.2, 0.25) is 0 Å². The molecule has 1 aliphatic carbocycles. The monoisotopic (exact) mass is 743 g/mol. The standard InChI is InChI=1S/C54H37N3O/c1-54(2)46-26-13-12-24-41(46)42-29-28-38(33-47(42)54)37-22-14-23-39(30-37)52-55-51(36-20-10-5-11-21-36)56-53(57-52)43-25-15-27-48-49(43)45-32-40(34-16-6-3-7-17-34)31-44(50(45)58-48)35-18-8-4-9-19-35/h3-33H,1-2H3. The first-order chi connectivity index (χ1) is 28.5. The lowest BCUT2D eigenvalue weighted by molar-refractivity contribution is 0.660. The zero-order valence-electron chi connectivity index (χ0n) is 32.1. The Kier molecular flexibility index (Phi) is 7.80. The van der Waals surface area contributed by atoms with E-state index < -0.39 is 0 Å². The molecule has 0 bridgehead atoms. The predicted molar refractivity (Wildman–Crippen MR) is 237 cm³/mol. The summed E-state index contributed by atoms with van der Waals surface area (Å²) in [5.74, 6) is 1.81. The summed E-state index contributed by atoms with van der Waals surface area (Å²) in [6, 6.07) is 66.0. The molecular formula is C54H37N3O. The fourth-order valence-electron chi connectivity index (χ4n) is 8.81. The highest BCUT2D eigenvalue weighted by Crippen LogP contribution is 2.50. The number of aromatic nitrogens is 3. The van der Waals surface area contributed by atoms with Crippen LogP contribution in [0.1, 0.15) is 25.0 Å². The van der Waals surface area contributed by atoms with E-state index in [-0.39, 0.29) is 5.41 Å². The fourth-order valence-corrected chi connectivity index (χ4v) is 8.81. The molecule has 2 heterocycles. The molecule has 0 N–H and O–H groups in total. The highest BCUT2D eigenvalue weighted by molar-refractivity contribution is 6.16. The third-order valence-corrected chi connectivity index (χ3v) is 11.7. The molecule has 0 atom stereocenters. The smallest absolute Gasteiger partial charge is 0.164 e. The molecule has 0 amide bonds. The van der Waals surface area contributed by atoms with E-state index in [4.69, 9.17) is 19.4 Å². The van der Waals surface area contributed by atoms with Crippen molar-refractivity contribution in [2.75, 3.05) is 0 Å². The molecule has 0 radical (unpaired) electrons. The molecule has 58 heavy (non-hydrogen) atoms. The van der Waals surface area contributed by atoms with Crippen molar-refractivity contribution in [3.63, 3.8) is 0 Å². The maximum absolute atomic E-state index is 6.78. The highest BCUT2D eigenvalue weighted by Gasteiger charge is 2.35. The van der Waals surface area contributed by atoms with Gasteiger partial charge in [-0.15, -0.1) is 0 Å². The number of benzene rings is 8. The fraction of sp³-hybridized carbons (Fsp3) is 0.0556. The SMILES string of the molecule is CC1(C)c2ccccc2-c2ccc(-c3cccc(-c4nc(-c5ccccc5)nc(-c5cccc6oc7c(-c8ccccc8)cc(-c8ccccc8)cc7c56)n4)c3)cc21. The van der Waals surface area contributed by atoms with Gasteiger partial charge in [-0.25, -0.2) is 15.0 Å². The van der Waals surface area contributed by atoms with Gasteiger partial charge in [-0.05, 0) is 80.4 Å². The maximum atomic E-state index is 6.78. The van der Waals surface area contributed by atoms with Crippen LogP contribution < -0.4 is 0 Å². The van der Waals surface area contributed by atoms with Crippen molar-refractivity contribution in [2.24, 2.45) is 0 Å². The number of hydrogen-bond acceptors (Lipinski definition) is 4. The second-order valence-corrected chi connectivity index (χ2v) is 15.6. The second kappa shape index (κ2) is 13.4. The molecule has 0 fully saturated rings. The van der Waals surface area contributed by atoms with Crippen molar-refractivity contribution in [3.05, 3.63) is 199 Å². The Labute approximate surface area is 337 Å². The minimum Gasteiger partial charge on any atom is -0.455 e. The van der Waals surface area contributed by atoms with E-state index in [1.807, 2.05) is 36.4 Å². The second-order valence-electron chi connectivity index (χ2n) is 15.6. The van der Waals surface area contributed by atoms with Gasteiger partial charge in [-0.2, -0.15) is 0 Å². The van der Waals surface area contributed by atoms with Gasteiger partial charge in [0, 0.05) is 38.4 Å². The Morgan fingerprint density at radius 1 is 0.362 bits per heavy atom. The summed E-state index contributed by atoms with van der Waals surface area (Å²) in [7, 11) is 0. The molecule has 8 aromatic carbocycles. The molecule has 4 nitrogen and oxygen atoms in total. The first kappa shape index (κ1) is 33.9. The molecule has 1 aliphatic rings. The molecule has 274 valence electrons. The molecule has 0 aliphatic heterocycles. The zero-order valence-corrected chi connectivity index (χ0v) is 32.1. The maximum Gasteiger partial charge on any atom is 0.164 e. The molecule has 2 aromatic heterocycles. The Morgan fingerprint density at radius 3 is 1.71 bits per heavy atom. The number of rotatable bonds is 6. The average Bonchev–Trinajstić information content (AvgIpc) is 3.78. The Bertz CT molecular complexity index is 3180. The number of nitrogens with zero attached hydrogens (tertiary/aromatic N) is 3. The van der Waals surface area contributed by atoms with Gasteiger partial charge in [0.1, 0.15) is 11.2 Å². The van der Waals surface area contributed by atoms with Crippen molar-refractivity contribution in [1.29, 1.82) is 0 Å². The third-order valence-electron chi connectivity index (χ3n) is 11.7. The lowest BCUT2D eigenvalue weighted by atomic mass is 9.81. The largest absolute Gasteiger partial charge is 0.455 e. The summed E-state index contributed by atoms with van der Waals surface area (Å²) in [5, 5.41) is 1.98. The van der Waals surface area contributed by atoms with Crippen LogP contribution in [0.5, 0.6) is 0 Å². The van der Waals surface area contributed by atoms with Crippen LogP contribution in [0.3, 0.4) is 0 Å². The van der Waals surface area contributed by atoms with Crippen LogP contribution in [-0.2, 0) is 5.41 Å². The van der Waals surface area contributed by atoms with Crippen LogP contribution in [0.4, 0.5) is 0 Å². The predicted octanol–water partition coefficient (Wildman–Crippen LogP) is 14.1. The van der Waals surface area contributed by atoms with Crippen molar-refractivity contribution in [1.82, 2.24) is 15.0 Å². The van der Waals surface area contributed by atoms with Crippen LogP contribution in [0.25, 0.3) is 101 Å². The molecule has 0 saturated carbocycles. The topological polar surface area (TPSA) is 51.8 Å². The van der Waals surface area contributed by atoms with E-state index >= 15 is 0 Å². The Hall–Kier alpha value is -7.43. The van der Waals surface area contributed by atoms with Gasteiger partial charge < -0.3 is 4.42 Å². The zero-order chi connectivity index (χ0) is 38.8. The first-order valence-corrected chi connectivity index (χ1v) is 19.8. The van der Waals surface area contributed by atoms with Gasteiger partial charge in [0.15, 0.2) is 17.5 Å². The van der Waals surface area contributed by atoms with Crippen LogP contribution in [-0.4, -0.2) is 15.0 Å². The van der Waals surface area contributed by atoms with Crippen LogP contribution in [0.15, 0.2) is 192 Å². The first-order valence-electron chi connectivity index (χ1n) is 19.8. The molecule has 11 rings (SSSR count). The summed E-state index contributed by atoms with van der Waals surface area (Å²) in [6.07, 6.45) is 0. The minimum atomic E-state index is -0.0881. The third kappa shape index (κ3) is 5.56. The Balaban J connectivity index is 1.10. The van der Waals surface area contributed by atoms with E-state index in [1.165, 1.54) is 22.3 Å². The molecule has 10 aromatic rings. The van der Waals surface area contributed by atoms with Gasteiger partial charge in [0.05, 0.1) is 0 Å². The number of fused-ring (bicyclic) bond motifs is 6. The summed E-state index contributed by atoms with van der Waals surface area (Å²) < 4.78 is 6.78.